The molecule has 2 heterocycles. The van der Waals surface area contributed by atoms with E-state index in [0.717, 1.165) is 12.8 Å². The Hall–Kier alpha value is -1.59. The molecule has 1 fully saturated rings. The van der Waals surface area contributed by atoms with Crippen LogP contribution in [0, 0.1) is 0 Å². The molecule has 0 radical (unpaired) electrons. The van der Waals surface area contributed by atoms with Crippen molar-refractivity contribution in [2.24, 2.45) is 0 Å². The summed E-state index contributed by atoms with van der Waals surface area (Å²) in [6.07, 6.45) is 3.82. The zero-order valence-corrected chi connectivity index (χ0v) is 12.7. The minimum atomic E-state index is -0.247. The SMILES string of the molecule is O=C1CCCCN1Cn1cnc2c(Cl)cc(Cl)cc2c1=O. The molecule has 110 valence electrons. The second-order valence-electron chi connectivity index (χ2n) is 5.06. The summed E-state index contributed by atoms with van der Waals surface area (Å²) in [5, 5.41) is 1.09. The van der Waals surface area contributed by atoms with E-state index in [0.29, 0.717) is 33.9 Å². The van der Waals surface area contributed by atoms with Crippen LogP contribution in [0.25, 0.3) is 10.9 Å². The van der Waals surface area contributed by atoms with E-state index >= 15 is 0 Å². The Balaban J connectivity index is 2.02. The first-order valence-electron chi connectivity index (χ1n) is 6.68. The number of rotatable bonds is 2. The third-order valence-electron chi connectivity index (χ3n) is 3.59. The minimum Gasteiger partial charge on any atom is -0.324 e. The first-order valence-corrected chi connectivity index (χ1v) is 7.44. The van der Waals surface area contributed by atoms with Crippen molar-refractivity contribution in [3.05, 3.63) is 38.9 Å². The van der Waals surface area contributed by atoms with E-state index < -0.39 is 0 Å². The van der Waals surface area contributed by atoms with E-state index in [1.807, 2.05) is 0 Å². The molecule has 2 aromatic rings. The zero-order chi connectivity index (χ0) is 15.0. The average molecular weight is 326 g/mol. The molecule has 0 spiro atoms. The molecule has 1 amide bonds. The third kappa shape index (κ3) is 2.76. The maximum absolute atomic E-state index is 12.5. The molecule has 0 unspecified atom stereocenters. The molecule has 1 aliphatic rings. The summed E-state index contributed by atoms with van der Waals surface area (Å²) >= 11 is 12.0. The van der Waals surface area contributed by atoms with Gasteiger partial charge in [-0.2, -0.15) is 0 Å². The second kappa shape index (κ2) is 5.66. The van der Waals surface area contributed by atoms with Crippen LogP contribution in [0.1, 0.15) is 19.3 Å². The third-order valence-corrected chi connectivity index (χ3v) is 4.10. The van der Waals surface area contributed by atoms with Gasteiger partial charge in [0.15, 0.2) is 0 Å². The van der Waals surface area contributed by atoms with Crippen molar-refractivity contribution < 1.29 is 4.79 Å². The van der Waals surface area contributed by atoms with Gasteiger partial charge in [0.2, 0.25) is 5.91 Å². The first kappa shape index (κ1) is 14.4. The highest BCUT2D eigenvalue weighted by atomic mass is 35.5. The lowest BCUT2D eigenvalue weighted by atomic mass is 10.1. The Morgan fingerprint density at radius 2 is 2.00 bits per heavy atom. The number of fused-ring (bicyclic) bond motifs is 1. The first-order chi connectivity index (χ1) is 10.1. The van der Waals surface area contributed by atoms with Crippen molar-refractivity contribution in [3.8, 4) is 0 Å². The summed E-state index contributed by atoms with van der Waals surface area (Å²) in [4.78, 5) is 30.2. The van der Waals surface area contributed by atoms with Gasteiger partial charge >= 0.3 is 0 Å². The summed E-state index contributed by atoms with van der Waals surface area (Å²) in [5.41, 5.74) is 0.176. The summed E-state index contributed by atoms with van der Waals surface area (Å²) in [6, 6.07) is 3.10. The fourth-order valence-corrected chi connectivity index (χ4v) is 3.03. The number of hydrogen-bond donors (Lipinski definition) is 0. The molecule has 1 aromatic carbocycles. The number of likely N-dealkylation sites (tertiary alicyclic amines) is 1. The predicted molar refractivity (Wildman–Crippen MR) is 81.6 cm³/mol. The summed E-state index contributed by atoms with van der Waals surface area (Å²) in [7, 11) is 0. The Morgan fingerprint density at radius 3 is 2.76 bits per heavy atom. The number of piperidine rings is 1. The van der Waals surface area contributed by atoms with Gasteiger partial charge in [-0.3, -0.25) is 14.2 Å². The second-order valence-corrected chi connectivity index (χ2v) is 5.90. The normalized spacial score (nSPS) is 15.7. The van der Waals surface area contributed by atoms with Crippen molar-refractivity contribution in [1.82, 2.24) is 14.5 Å². The van der Waals surface area contributed by atoms with Crippen LogP contribution >= 0.6 is 23.2 Å². The zero-order valence-electron chi connectivity index (χ0n) is 11.2. The van der Waals surface area contributed by atoms with Gasteiger partial charge in [0.25, 0.3) is 5.56 Å². The van der Waals surface area contributed by atoms with Gasteiger partial charge in [0.1, 0.15) is 6.67 Å². The Labute approximate surface area is 131 Å². The molecule has 1 aliphatic heterocycles. The van der Waals surface area contributed by atoms with Crippen LogP contribution in [0.15, 0.2) is 23.3 Å². The summed E-state index contributed by atoms with van der Waals surface area (Å²) in [6.45, 7) is 0.879. The number of amides is 1. The lowest BCUT2D eigenvalue weighted by Crippen LogP contribution is -2.39. The van der Waals surface area contributed by atoms with Gasteiger partial charge in [0.05, 0.1) is 22.3 Å². The Kier molecular flexibility index (Phi) is 3.87. The summed E-state index contributed by atoms with van der Waals surface area (Å²) < 4.78 is 1.41. The van der Waals surface area contributed by atoms with Gasteiger partial charge in [-0.1, -0.05) is 23.2 Å². The highest BCUT2D eigenvalue weighted by Crippen LogP contribution is 2.24. The van der Waals surface area contributed by atoms with Gasteiger partial charge in [-0.15, -0.1) is 0 Å². The van der Waals surface area contributed by atoms with E-state index in [-0.39, 0.29) is 18.1 Å². The highest BCUT2D eigenvalue weighted by Gasteiger charge is 2.19. The molecule has 5 nitrogen and oxygen atoms in total. The molecule has 0 bridgehead atoms. The highest BCUT2D eigenvalue weighted by molar-refractivity contribution is 6.38. The van der Waals surface area contributed by atoms with Crippen LogP contribution in [0.5, 0.6) is 0 Å². The Morgan fingerprint density at radius 1 is 1.19 bits per heavy atom. The number of nitrogens with zero attached hydrogens (tertiary/aromatic N) is 3. The van der Waals surface area contributed by atoms with Crippen molar-refractivity contribution in [1.29, 1.82) is 0 Å². The lowest BCUT2D eigenvalue weighted by molar-refractivity contribution is -0.135. The van der Waals surface area contributed by atoms with Crippen molar-refractivity contribution in [3.63, 3.8) is 0 Å². The number of hydrogen-bond acceptors (Lipinski definition) is 3. The maximum Gasteiger partial charge on any atom is 0.262 e. The van der Waals surface area contributed by atoms with Crippen LogP contribution in [0.2, 0.25) is 10.0 Å². The monoisotopic (exact) mass is 325 g/mol. The van der Waals surface area contributed by atoms with Gasteiger partial charge < -0.3 is 4.90 Å². The largest absolute Gasteiger partial charge is 0.324 e. The number of carbonyl (C=O) groups excluding carboxylic acids is 1. The van der Waals surface area contributed by atoms with Crippen LogP contribution in [-0.4, -0.2) is 26.9 Å². The molecule has 0 N–H and O–H groups in total. The molecule has 7 heteroatoms. The van der Waals surface area contributed by atoms with Crippen molar-refractivity contribution >= 4 is 40.0 Å². The topological polar surface area (TPSA) is 55.2 Å². The smallest absolute Gasteiger partial charge is 0.262 e. The molecule has 0 atom stereocenters. The summed E-state index contributed by atoms with van der Waals surface area (Å²) in [5.74, 6) is 0.0670. The molecule has 3 rings (SSSR count). The molecule has 21 heavy (non-hydrogen) atoms. The van der Waals surface area contributed by atoms with E-state index in [9.17, 15) is 9.59 Å². The predicted octanol–water partition coefficient (Wildman–Crippen LogP) is 2.67. The van der Waals surface area contributed by atoms with Crippen molar-refractivity contribution in [2.75, 3.05) is 6.54 Å². The molecule has 1 saturated heterocycles. The van der Waals surface area contributed by atoms with Crippen LogP contribution in [0.4, 0.5) is 0 Å². The molecule has 0 saturated carbocycles. The molecule has 0 aliphatic carbocycles. The average Bonchev–Trinajstić information content (AvgIpc) is 2.44. The van der Waals surface area contributed by atoms with E-state index in [2.05, 4.69) is 4.98 Å². The number of benzene rings is 1. The van der Waals surface area contributed by atoms with Crippen LogP contribution in [-0.2, 0) is 11.5 Å². The fraction of sp³-hybridized carbons (Fsp3) is 0.357. The molecular formula is C14H13Cl2N3O2. The standard InChI is InChI=1S/C14H13Cl2N3O2/c15-9-5-10-13(11(16)6-9)17-7-19(14(10)21)8-18-4-2-1-3-12(18)20/h5-7H,1-4,8H2. The van der Waals surface area contributed by atoms with Gasteiger partial charge in [0, 0.05) is 18.0 Å². The van der Waals surface area contributed by atoms with E-state index in [1.54, 1.807) is 17.0 Å². The minimum absolute atomic E-state index is 0.0670. The quantitative estimate of drug-likeness (QED) is 0.853. The lowest BCUT2D eigenvalue weighted by Gasteiger charge is -2.27. The molecular weight excluding hydrogens is 313 g/mol. The number of carbonyl (C=O) groups is 1. The van der Waals surface area contributed by atoms with Gasteiger partial charge in [-0.25, -0.2) is 4.98 Å². The fourth-order valence-electron chi connectivity index (χ4n) is 2.49. The number of halogens is 2. The Bertz CT molecular complexity index is 773. The van der Waals surface area contributed by atoms with E-state index in [1.165, 1.54) is 10.9 Å². The van der Waals surface area contributed by atoms with Crippen LogP contribution < -0.4 is 5.56 Å². The van der Waals surface area contributed by atoms with E-state index in [4.69, 9.17) is 23.2 Å². The van der Waals surface area contributed by atoms with Gasteiger partial charge in [-0.05, 0) is 25.0 Å². The molecule has 1 aromatic heterocycles. The maximum atomic E-state index is 12.5. The van der Waals surface area contributed by atoms with Crippen molar-refractivity contribution in [2.45, 2.75) is 25.9 Å². The van der Waals surface area contributed by atoms with Crippen LogP contribution in [0.3, 0.4) is 0 Å². The number of aromatic nitrogens is 2.